The van der Waals surface area contributed by atoms with Crippen molar-refractivity contribution in [2.24, 2.45) is 0 Å². The lowest BCUT2D eigenvalue weighted by molar-refractivity contribution is 0.0708. The normalized spacial score (nSPS) is 16.0. The van der Waals surface area contributed by atoms with Crippen molar-refractivity contribution in [2.75, 3.05) is 18.4 Å². The quantitative estimate of drug-likeness (QED) is 0.920. The molecule has 1 saturated heterocycles. The maximum atomic E-state index is 12.2. The molecule has 1 fully saturated rings. The van der Waals surface area contributed by atoms with E-state index in [4.69, 9.17) is 4.52 Å². The highest BCUT2D eigenvalue weighted by Gasteiger charge is 2.25. The summed E-state index contributed by atoms with van der Waals surface area (Å²) in [7, 11) is 0. The van der Waals surface area contributed by atoms with Gasteiger partial charge in [-0.1, -0.05) is 5.16 Å². The van der Waals surface area contributed by atoms with E-state index in [0.717, 1.165) is 18.7 Å². The molecule has 2 aromatic heterocycles. The Kier molecular flexibility index (Phi) is 3.81. The van der Waals surface area contributed by atoms with Crippen LogP contribution in [0.1, 0.15) is 29.1 Å². The summed E-state index contributed by atoms with van der Waals surface area (Å²) in [5.41, 5.74) is 0.384. The van der Waals surface area contributed by atoms with Gasteiger partial charge in [-0.15, -0.1) is 0 Å². The topological polar surface area (TPSA) is 84.2 Å². The lowest BCUT2D eigenvalue weighted by Gasteiger charge is -2.32. The molecule has 1 amide bonds. The van der Waals surface area contributed by atoms with Gasteiger partial charge in [0.05, 0.1) is 0 Å². The van der Waals surface area contributed by atoms with Crippen molar-refractivity contribution in [3.63, 3.8) is 0 Å². The Morgan fingerprint density at radius 2 is 2.24 bits per heavy atom. The molecule has 1 aliphatic rings. The van der Waals surface area contributed by atoms with Crippen LogP contribution in [-0.2, 0) is 0 Å². The zero-order valence-corrected chi connectivity index (χ0v) is 11.8. The molecule has 2 aromatic rings. The van der Waals surface area contributed by atoms with Crippen LogP contribution in [0.3, 0.4) is 0 Å². The summed E-state index contributed by atoms with van der Waals surface area (Å²) in [5, 5.41) is 7.14. The molecule has 21 heavy (non-hydrogen) atoms. The van der Waals surface area contributed by atoms with Gasteiger partial charge in [-0.2, -0.15) is 0 Å². The Bertz CT molecular complexity index is 605. The summed E-state index contributed by atoms with van der Waals surface area (Å²) in [6.45, 7) is 3.18. The van der Waals surface area contributed by atoms with E-state index in [1.165, 1.54) is 6.33 Å². The van der Waals surface area contributed by atoms with Gasteiger partial charge in [-0.25, -0.2) is 9.97 Å². The van der Waals surface area contributed by atoms with E-state index in [1.54, 1.807) is 19.2 Å². The summed E-state index contributed by atoms with van der Waals surface area (Å²) < 4.78 is 4.95. The molecule has 7 heteroatoms. The number of hydrogen-bond acceptors (Lipinski definition) is 6. The van der Waals surface area contributed by atoms with Gasteiger partial charge in [0.2, 0.25) is 0 Å². The van der Waals surface area contributed by atoms with Gasteiger partial charge in [-0.3, -0.25) is 4.79 Å². The molecule has 0 aromatic carbocycles. The van der Waals surface area contributed by atoms with E-state index in [9.17, 15) is 4.79 Å². The third-order valence-corrected chi connectivity index (χ3v) is 3.56. The molecule has 110 valence electrons. The van der Waals surface area contributed by atoms with Crippen LogP contribution in [0, 0.1) is 6.92 Å². The highest BCUT2D eigenvalue weighted by molar-refractivity contribution is 5.92. The molecule has 0 unspecified atom stereocenters. The minimum Gasteiger partial charge on any atom is -0.367 e. The highest BCUT2D eigenvalue weighted by atomic mass is 16.5. The smallest absolute Gasteiger partial charge is 0.276 e. The first-order valence-electron chi connectivity index (χ1n) is 6.97. The number of hydrogen-bond donors (Lipinski definition) is 1. The molecule has 3 heterocycles. The van der Waals surface area contributed by atoms with Crippen LogP contribution >= 0.6 is 0 Å². The number of piperidine rings is 1. The molecule has 0 bridgehead atoms. The number of carbonyl (C=O) groups excluding carboxylic acids is 1. The number of aromatic nitrogens is 3. The number of nitrogens with zero attached hydrogens (tertiary/aromatic N) is 4. The van der Waals surface area contributed by atoms with Gasteiger partial charge in [0, 0.05) is 31.4 Å². The predicted octanol–water partition coefficient (Wildman–Crippen LogP) is 1.49. The summed E-state index contributed by atoms with van der Waals surface area (Å²) in [6.07, 6.45) is 4.99. The first-order chi connectivity index (χ1) is 10.2. The second kappa shape index (κ2) is 5.90. The zero-order chi connectivity index (χ0) is 14.7. The average molecular weight is 287 g/mol. The van der Waals surface area contributed by atoms with Gasteiger partial charge in [-0.05, 0) is 25.8 Å². The van der Waals surface area contributed by atoms with Crippen molar-refractivity contribution in [3.8, 4) is 0 Å². The number of nitrogens with one attached hydrogen (secondary N) is 1. The fourth-order valence-corrected chi connectivity index (χ4v) is 2.44. The van der Waals surface area contributed by atoms with Crippen LogP contribution in [0.4, 0.5) is 5.82 Å². The van der Waals surface area contributed by atoms with Crippen LogP contribution < -0.4 is 5.32 Å². The van der Waals surface area contributed by atoms with Crippen LogP contribution in [0.2, 0.25) is 0 Å². The van der Waals surface area contributed by atoms with E-state index in [0.29, 0.717) is 30.6 Å². The van der Waals surface area contributed by atoms with Crippen LogP contribution in [0.15, 0.2) is 29.2 Å². The molecule has 0 aliphatic carbocycles. The number of likely N-dealkylation sites (tertiary alicyclic amines) is 1. The van der Waals surface area contributed by atoms with Crippen molar-refractivity contribution >= 4 is 11.7 Å². The van der Waals surface area contributed by atoms with Gasteiger partial charge >= 0.3 is 0 Å². The lowest BCUT2D eigenvalue weighted by Crippen LogP contribution is -2.42. The Balaban J connectivity index is 1.54. The van der Waals surface area contributed by atoms with E-state index in [2.05, 4.69) is 20.4 Å². The Hall–Kier alpha value is -2.44. The second-order valence-electron chi connectivity index (χ2n) is 5.13. The molecule has 1 N–H and O–H groups in total. The number of rotatable bonds is 3. The molecular formula is C14H17N5O2. The van der Waals surface area contributed by atoms with Crippen molar-refractivity contribution in [2.45, 2.75) is 25.8 Å². The number of amides is 1. The summed E-state index contributed by atoms with van der Waals surface area (Å²) in [4.78, 5) is 22.1. The second-order valence-corrected chi connectivity index (χ2v) is 5.13. The third-order valence-electron chi connectivity index (χ3n) is 3.56. The molecular weight excluding hydrogens is 270 g/mol. The summed E-state index contributed by atoms with van der Waals surface area (Å²) >= 11 is 0. The van der Waals surface area contributed by atoms with Gasteiger partial charge < -0.3 is 14.7 Å². The zero-order valence-electron chi connectivity index (χ0n) is 11.8. The minimum atomic E-state index is -0.0627. The number of aryl methyl sites for hydroxylation is 1. The predicted molar refractivity (Wildman–Crippen MR) is 75.8 cm³/mol. The monoisotopic (exact) mass is 287 g/mol. The van der Waals surface area contributed by atoms with Crippen molar-refractivity contribution < 1.29 is 9.32 Å². The molecule has 0 atom stereocenters. The maximum Gasteiger partial charge on any atom is 0.276 e. The van der Waals surface area contributed by atoms with Crippen LogP contribution in [0.25, 0.3) is 0 Å². The molecule has 7 nitrogen and oxygen atoms in total. The van der Waals surface area contributed by atoms with Gasteiger partial charge in [0.15, 0.2) is 5.69 Å². The van der Waals surface area contributed by atoms with Crippen molar-refractivity contribution in [1.82, 2.24) is 20.0 Å². The third kappa shape index (κ3) is 3.18. The lowest BCUT2D eigenvalue weighted by atomic mass is 10.0. The standard InChI is InChI=1S/C14H17N5O2/c1-10-8-12(18-21-10)14(20)19-6-3-11(4-7-19)17-13-2-5-15-9-16-13/h2,5,8-9,11H,3-4,6-7H2,1H3,(H,15,16,17). The molecule has 0 radical (unpaired) electrons. The van der Waals surface area contributed by atoms with Crippen LogP contribution in [0.5, 0.6) is 0 Å². The average Bonchev–Trinajstić information content (AvgIpc) is 2.95. The minimum absolute atomic E-state index is 0.0627. The molecule has 1 aliphatic heterocycles. The van der Waals surface area contributed by atoms with E-state index < -0.39 is 0 Å². The van der Waals surface area contributed by atoms with E-state index in [-0.39, 0.29) is 5.91 Å². The fraction of sp³-hybridized carbons (Fsp3) is 0.429. The van der Waals surface area contributed by atoms with Crippen LogP contribution in [-0.4, -0.2) is 45.1 Å². The molecule has 0 saturated carbocycles. The first kappa shape index (κ1) is 13.5. The largest absolute Gasteiger partial charge is 0.367 e. The first-order valence-corrected chi connectivity index (χ1v) is 6.97. The molecule has 3 rings (SSSR count). The van der Waals surface area contributed by atoms with Gasteiger partial charge in [0.1, 0.15) is 17.9 Å². The number of anilines is 1. The Morgan fingerprint density at radius 3 is 2.86 bits per heavy atom. The SMILES string of the molecule is Cc1cc(C(=O)N2CCC(Nc3ccncn3)CC2)no1. The Morgan fingerprint density at radius 1 is 1.43 bits per heavy atom. The van der Waals surface area contributed by atoms with E-state index >= 15 is 0 Å². The number of carbonyl (C=O) groups is 1. The van der Waals surface area contributed by atoms with Crippen molar-refractivity contribution in [1.29, 1.82) is 0 Å². The highest BCUT2D eigenvalue weighted by Crippen LogP contribution is 2.17. The van der Waals surface area contributed by atoms with E-state index in [1.807, 2.05) is 11.0 Å². The molecule has 0 spiro atoms. The van der Waals surface area contributed by atoms with Crippen molar-refractivity contribution in [3.05, 3.63) is 36.1 Å². The Labute approximate surface area is 122 Å². The maximum absolute atomic E-state index is 12.2. The fourth-order valence-electron chi connectivity index (χ4n) is 2.44. The van der Waals surface area contributed by atoms with Gasteiger partial charge in [0.25, 0.3) is 5.91 Å². The summed E-state index contributed by atoms with van der Waals surface area (Å²) in [6, 6.07) is 3.84. The summed E-state index contributed by atoms with van der Waals surface area (Å²) in [5.74, 6) is 1.41.